The van der Waals surface area contributed by atoms with Crippen LogP contribution >= 0.6 is 11.3 Å². The molecule has 0 spiro atoms. The highest BCUT2D eigenvalue weighted by molar-refractivity contribution is 7.12. The van der Waals surface area contributed by atoms with Gasteiger partial charge in [-0.15, -0.1) is 11.3 Å². The number of alkyl halides is 3. The first-order chi connectivity index (χ1) is 12.4. The van der Waals surface area contributed by atoms with E-state index in [0.29, 0.717) is 10.6 Å². The maximum Gasteiger partial charge on any atom is 0.416 e. The van der Waals surface area contributed by atoms with E-state index in [0.717, 1.165) is 12.1 Å². The summed E-state index contributed by atoms with van der Waals surface area (Å²) in [5.74, 6) is -0.421. The van der Waals surface area contributed by atoms with Gasteiger partial charge in [0.1, 0.15) is 4.88 Å². The Bertz CT molecular complexity index is 943. The molecule has 0 saturated carbocycles. The van der Waals surface area contributed by atoms with Crippen LogP contribution in [0.1, 0.15) is 27.7 Å². The van der Waals surface area contributed by atoms with Crippen molar-refractivity contribution < 1.29 is 18.0 Å². The molecule has 2 heterocycles. The summed E-state index contributed by atoms with van der Waals surface area (Å²) in [6, 6.07) is 10.3. The van der Waals surface area contributed by atoms with E-state index in [4.69, 9.17) is 0 Å². The minimum Gasteiger partial charge on any atom is -0.322 e. The molecule has 0 bridgehead atoms. The number of benzene rings is 1. The fraction of sp³-hybridized carbons (Fsp3) is 0.111. The van der Waals surface area contributed by atoms with Crippen LogP contribution in [0, 0.1) is 0 Å². The number of halogens is 3. The first kappa shape index (κ1) is 17.9. The zero-order valence-electron chi connectivity index (χ0n) is 13.6. The van der Waals surface area contributed by atoms with Gasteiger partial charge in [0, 0.05) is 12.4 Å². The van der Waals surface area contributed by atoms with Gasteiger partial charge in [-0.25, -0.2) is 5.43 Å². The van der Waals surface area contributed by atoms with Crippen LogP contribution in [-0.2, 0) is 6.18 Å². The minimum absolute atomic E-state index is 0.281. The summed E-state index contributed by atoms with van der Waals surface area (Å²) in [5.41, 5.74) is 2.93. The normalized spacial score (nSPS) is 12.2. The number of aromatic nitrogens is 1. The quantitative estimate of drug-likeness (QED) is 0.519. The molecule has 0 fully saturated rings. The number of thiophene rings is 1. The Morgan fingerprint density at radius 1 is 1.15 bits per heavy atom. The molecule has 3 aromatic rings. The zero-order chi connectivity index (χ0) is 18.7. The molecule has 1 aromatic carbocycles. The van der Waals surface area contributed by atoms with E-state index < -0.39 is 17.6 Å². The molecule has 1 N–H and O–H groups in total. The predicted octanol–water partition coefficient (Wildman–Crippen LogP) is 4.71. The molecule has 26 heavy (non-hydrogen) atoms. The van der Waals surface area contributed by atoms with Crippen molar-refractivity contribution in [3.63, 3.8) is 0 Å². The van der Waals surface area contributed by atoms with Crippen molar-refractivity contribution in [3.8, 4) is 5.69 Å². The maximum atomic E-state index is 12.8. The number of hydrazone groups is 1. The molecule has 1 amide bonds. The molecule has 4 nitrogen and oxygen atoms in total. The van der Waals surface area contributed by atoms with Crippen molar-refractivity contribution in [2.75, 3.05) is 0 Å². The summed E-state index contributed by atoms with van der Waals surface area (Å²) in [7, 11) is 0. The Labute approximate surface area is 151 Å². The summed E-state index contributed by atoms with van der Waals surface area (Å²) in [5, 5.41) is 5.73. The zero-order valence-corrected chi connectivity index (χ0v) is 14.4. The van der Waals surface area contributed by atoms with E-state index in [-0.39, 0.29) is 11.3 Å². The number of carbonyl (C=O) groups excluding carboxylic acids is 1. The van der Waals surface area contributed by atoms with Crippen LogP contribution in [0.3, 0.4) is 0 Å². The van der Waals surface area contributed by atoms with Crippen molar-refractivity contribution in [2.24, 2.45) is 5.10 Å². The fourth-order valence-electron chi connectivity index (χ4n) is 2.34. The molecule has 0 saturated heterocycles. The van der Waals surface area contributed by atoms with Gasteiger partial charge in [0.2, 0.25) is 0 Å². The monoisotopic (exact) mass is 377 g/mol. The van der Waals surface area contributed by atoms with Crippen LogP contribution in [0.15, 0.2) is 65.3 Å². The van der Waals surface area contributed by atoms with Crippen molar-refractivity contribution >= 4 is 23.0 Å². The lowest BCUT2D eigenvalue weighted by molar-refractivity contribution is -0.137. The van der Waals surface area contributed by atoms with E-state index in [1.54, 1.807) is 9.95 Å². The highest BCUT2D eigenvalue weighted by Crippen LogP contribution is 2.29. The lowest BCUT2D eigenvalue weighted by Gasteiger charge is -2.09. The van der Waals surface area contributed by atoms with Gasteiger partial charge in [0.05, 0.1) is 17.0 Å². The number of rotatable bonds is 4. The van der Waals surface area contributed by atoms with Gasteiger partial charge >= 0.3 is 6.18 Å². The number of amides is 1. The number of carbonyl (C=O) groups is 1. The third-order valence-electron chi connectivity index (χ3n) is 3.67. The van der Waals surface area contributed by atoms with E-state index in [2.05, 4.69) is 10.5 Å². The van der Waals surface area contributed by atoms with E-state index in [1.165, 1.54) is 30.4 Å². The van der Waals surface area contributed by atoms with E-state index >= 15 is 0 Å². The predicted molar refractivity (Wildman–Crippen MR) is 94.8 cm³/mol. The molecular weight excluding hydrogens is 363 g/mol. The largest absolute Gasteiger partial charge is 0.416 e. The van der Waals surface area contributed by atoms with Crippen molar-refractivity contribution in [1.82, 2.24) is 9.99 Å². The highest BCUT2D eigenvalue weighted by Gasteiger charge is 2.30. The van der Waals surface area contributed by atoms with Gasteiger partial charge in [-0.1, -0.05) is 12.1 Å². The lowest BCUT2D eigenvalue weighted by Crippen LogP contribution is -2.19. The van der Waals surface area contributed by atoms with E-state index in [1.807, 2.05) is 30.6 Å². The standard InChI is InChI=1S/C18H14F3N3OS/c1-12(13-5-4-6-14(11-13)18(19,20)21)22-23-17(25)16-15(7-10-26-16)24-8-2-3-9-24/h2-11H,1H3,(H,23,25)/b22-12-. The lowest BCUT2D eigenvalue weighted by atomic mass is 10.1. The number of hydrogen-bond acceptors (Lipinski definition) is 3. The van der Waals surface area contributed by atoms with Gasteiger partial charge in [0.25, 0.3) is 5.91 Å². The van der Waals surface area contributed by atoms with Crippen LogP contribution in [0.25, 0.3) is 5.69 Å². The fourth-order valence-corrected chi connectivity index (χ4v) is 3.12. The molecule has 2 aromatic heterocycles. The average Bonchev–Trinajstić information content (AvgIpc) is 3.29. The molecule has 8 heteroatoms. The first-order valence-corrected chi connectivity index (χ1v) is 8.47. The molecule has 3 rings (SSSR count). The second kappa shape index (κ2) is 7.17. The molecule has 0 atom stereocenters. The van der Waals surface area contributed by atoms with Gasteiger partial charge in [0.15, 0.2) is 0 Å². The Hall–Kier alpha value is -2.87. The van der Waals surface area contributed by atoms with Crippen LogP contribution in [0.4, 0.5) is 13.2 Å². The summed E-state index contributed by atoms with van der Waals surface area (Å²) in [6.07, 6.45) is -0.797. The smallest absolute Gasteiger partial charge is 0.322 e. The molecule has 0 aliphatic rings. The first-order valence-electron chi connectivity index (χ1n) is 7.59. The summed E-state index contributed by atoms with van der Waals surface area (Å²) < 4.78 is 40.2. The van der Waals surface area contributed by atoms with Gasteiger partial charge in [-0.3, -0.25) is 4.79 Å². The molecule has 0 radical (unpaired) electrons. The number of nitrogens with one attached hydrogen (secondary N) is 1. The maximum absolute atomic E-state index is 12.8. The van der Waals surface area contributed by atoms with Crippen molar-refractivity contribution in [3.05, 3.63) is 76.2 Å². The highest BCUT2D eigenvalue weighted by atomic mass is 32.1. The second-order valence-corrected chi connectivity index (χ2v) is 6.36. The minimum atomic E-state index is -4.43. The number of nitrogens with zero attached hydrogens (tertiary/aromatic N) is 2. The van der Waals surface area contributed by atoms with Gasteiger partial charge in [-0.05, 0) is 48.2 Å². The van der Waals surface area contributed by atoms with E-state index in [9.17, 15) is 18.0 Å². The summed E-state index contributed by atoms with van der Waals surface area (Å²) in [6.45, 7) is 1.54. The van der Waals surface area contributed by atoms with Crippen molar-refractivity contribution in [1.29, 1.82) is 0 Å². The SMILES string of the molecule is C/C(=N/NC(=O)c1sccc1-n1cccc1)c1cccc(C(F)(F)F)c1. The van der Waals surface area contributed by atoms with Crippen LogP contribution < -0.4 is 5.43 Å². The van der Waals surface area contributed by atoms with Gasteiger partial charge in [-0.2, -0.15) is 18.3 Å². The molecule has 134 valence electrons. The molecule has 0 aliphatic carbocycles. The van der Waals surface area contributed by atoms with Crippen LogP contribution in [-0.4, -0.2) is 16.2 Å². The van der Waals surface area contributed by atoms with Crippen LogP contribution in [0.2, 0.25) is 0 Å². The third kappa shape index (κ3) is 3.85. The van der Waals surface area contributed by atoms with Gasteiger partial charge < -0.3 is 4.57 Å². The Morgan fingerprint density at radius 3 is 2.58 bits per heavy atom. The summed E-state index contributed by atoms with van der Waals surface area (Å²) in [4.78, 5) is 12.8. The molecule has 0 unspecified atom stereocenters. The third-order valence-corrected chi connectivity index (χ3v) is 4.57. The topological polar surface area (TPSA) is 46.4 Å². The number of hydrogen-bond donors (Lipinski definition) is 1. The Morgan fingerprint density at radius 2 is 1.88 bits per heavy atom. The average molecular weight is 377 g/mol. The summed E-state index contributed by atoms with van der Waals surface area (Å²) >= 11 is 1.26. The molecule has 0 aliphatic heterocycles. The Balaban J connectivity index is 1.78. The Kier molecular flexibility index (Phi) is 4.94. The van der Waals surface area contributed by atoms with Crippen LogP contribution in [0.5, 0.6) is 0 Å². The second-order valence-electron chi connectivity index (χ2n) is 5.44. The van der Waals surface area contributed by atoms with Crippen molar-refractivity contribution in [2.45, 2.75) is 13.1 Å². The molecular formula is C18H14F3N3OS.